The third-order valence-electron chi connectivity index (χ3n) is 5.22. The Hall–Kier alpha value is -2.90. The van der Waals surface area contributed by atoms with Crippen LogP contribution in [0.2, 0.25) is 0 Å². The average Bonchev–Trinajstić information content (AvgIpc) is 3.30. The van der Waals surface area contributed by atoms with Crippen LogP contribution in [-0.2, 0) is 4.74 Å². The Morgan fingerprint density at radius 1 is 1.17 bits per heavy atom. The van der Waals surface area contributed by atoms with Crippen LogP contribution in [0.5, 0.6) is 0 Å². The molecule has 2 aliphatic heterocycles. The summed E-state index contributed by atoms with van der Waals surface area (Å²) in [7, 11) is 0. The number of likely N-dealkylation sites (tertiary alicyclic amines) is 1. The summed E-state index contributed by atoms with van der Waals surface area (Å²) >= 11 is 0. The van der Waals surface area contributed by atoms with Crippen molar-refractivity contribution in [3.8, 4) is 5.69 Å². The number of esters is 1. The Labute approximate surface area is 169 Å². The summed E-state index contributed by atoms with van der Waals surface area (Å²) in [6.45, 7) is 8.54. The van der Waals surface area contributed by atoms with Gasteiger partial charge in [-0.3, -0.25) is 9.47 Å². The van der Waals surface area contributed by atoms with E-state index < -0.39 is 23.4 Å². The molecule has 154 valence electrons. The zero-order valence-electron chi connectivity index (χ0n) is 17.1. The number of rotatable bonds is 1. The molecule has 8 heteroatoms. The van der Waals surface area contributed by atoms with Crippen molar-refractivity contribution in [1.29, 1.82) is 0 Å². The Bertz CT molecular complexity index is 973. The molecule has 0 radical (unpaired) electrons. The largest absolute Gasteiger partial charge is 0.455 e. The molecule has 1 atom stereocenters. The van der Waals surface area contributed by atoms with Crippen molar-refractivity contribution in [1.82, 2.24) is 14.5 Å². The van der Waals surface area contributed by atoms with Crippen LogP contribution in [0.1, 0.15) is 62.8 Å². The molecule has 4 rings (SSSR count). The molecular formula is C21H25FN4O3. The topological polar surface area (TPSA) is 67.7 Å². The predicted molar refractivity (Wildman–Crippen MR) is 106 cm³/mol. The van der Waals surface area contributed by atoms with Gasteiger partial charge in [-0.1, -0.05) is 0 Å². The van der Waals surface area contributed by atoms with Gasteiger partial charge in [-0.15, -0.1) is 0 Å². The summed E-state index contributed by atoms with van der Waals surface area (Å²) in [5.74, 6) is -0.969. The van der Waals surface area contributed by atoms with E-state index >= 15 is 0 Å². The summed E-state index contributed by atoms with van der Waals surface area (Å²) in [6.07, 6.45) is 3.43. The number of hydrogen-bond donors (Lipinski definition) is 0. The van der Waals surface area contributed by atoms with Crippen molar-refractivity contribution in [3.05, 3.63) is 41.7 Å². The maximum Gasteiger partial charge on any atom is 0.359 e. The molecule has 2 amide bonds. The minimum Gasteiger partial charge on any atom is -0.455 e. The Morgan fingerprint density at radius 3 is 2.52 bits per heavy atom. The van der Waals surface area contributed by atoms with E-state index in [-0.39, 0.29) is 11.7 Å². The Balaban J connectivity index is 1.83. The van der Waals surface area contributed by atoms with Gasteiger partial charge in [0.15, 0.2) is 5.69 Å². The first-order chi connectivity index (χ1) is 13.7. The van der Waals surface area contributed by atoms with Gasteiger partial charge in [0.05, 0.1) is 23.1 Å². The van der Waals surface area contributed by atoms with Crippen LogP contribution in [0.15, 0.2) is 24.5 Å². The van der Waals surface area contributed by atoms with Gasteiger partial charge in [0.2, 0.25) is 0 Å². The number of carbonyl (C=O) groups is 2. The summed E-state index contributed by atoms with van der Waals surface area (Å²) < 4.78 is 21.3. The normalized spacial score (nSPS) is 18.4. The maximum absolute atomic E-state index is 14.1. The highest BCUT2D eigenvalue weighted by Crippen LogP contribution is 2.41. The molecule has 0 N–H and O–H groups in total. The standard InChI is InChI=1S/C21H25FN4O3/c1-13-18-17(19(27)29-21(2,3)4)23-12-25(18)15-8-7-14(22)11-16(15)26(13)20(28)24-9-5-6-10-24/h7-8,11-13H,5-6,9-10H2,1-4H3/t13-/m1/s1. The van der Waals surface area contributed by atoms with Crippen molar-refractivity contribution < 1.29 is 18.7 Å². The van der Waals surface area contributed by atoms with Crippen molar-refractivity contribution in [2.45, 2.75) is 52.2 Å². The van der Waals surface area contributed by atoms with Crippen molar-refractivity contribution >= 4 is 17.7 Å². The number of urea groups is 1. The first-order valence-electron chi connectivity index (χ1n) is 9.86. The van der Waals surface area contributed by atoms with E-state index in [4.69, 9.17) is 4.74 Å². The van der Waals surface area contributed by atoms with E-state index in [1.165, 1.54) is 18.5 Å². The van der Waals surface area contributed by atoms with Gasteiger partial charge in [0, 0.05) is 13.1 Å². The number of hydrogen-bond acceptors (Lipinski definition) is 4. The van der Waals surface area contributed by atoms with E-state index in [1.54, 1.807) is 41.2 Å². The second-order valence-corrected chi connectivity index (χ2v) is 8.51. The molecule has 1 fully saturated rings. The second-order valence-electron chi connectivity index (χ2n) is 8.51. The molecule has 7 nitrogen and oxygen atoms in total. The van der Waals surface area contributed by atoms with E-state index in [9.17, 15) is 14.0 Å². The van der Waals surface area contributed by atoms with Gasteiger partial charge >= 0.3 is 12.0 Å². The predicted octanol–water partition coefficient (Wildman–Crippen LogP) is 4.06. The minimum absolute atomic E-state index is 0.168. The van der Waals surface area contributed by atoms with Crippen LogP contribution in [0.4, 0.5) is 14.9 Å². The van der Waals surface area contributed by atoms with Crippen LogP contribution in [-0.4, -0.2) is 45.1 Å². The molecule has 0 saturated carbocycles. The number of aromatic nitrogens is 2. The number of imidazole rings is 1. The summed E-state index contributed by atoms with van der Waals surface area (Å²) in [5.41, 5.74) is 1.13. The molecule has 3 heterocycles. The lowest BCUT2D eigenvalue weighted by molar-refractivity contribution is 0.00613. The molecule has 0 aliphatic carbocycles. The number of amides is 2. The quantitative estimate of drug-likeness (QED) is 0.677. The molecule has 0 spiro atoms. The molecule has 1 aromatic heterocycles. The van der Waals surface area contributed by atoms with Gasteiger partial charge < -0.3 is 9.64 Å². The number of halogens is 1. The van der Waals surface area contributed by atoms with E-state index in [0.717, 1.165) is 12.8 Å². The van der Waals surface area contributed by atoms with Gasteiger partial charge in [-0.05, 0) is 58.7 Å². The van der Waals surface area contributed by atoms with E-state index in [1.807, 2.05) is 6.92 Å². The minimum atomic E-state index is -0.669. The Morgan fingerprint density at radius 2 is 1.86 bits per heavy atom. The number of benzene rings is 1. The first kappa shape index (κ1) is 19.4. The fourth-order valence-corrected chi connectivity index (χ4v) is 3.99. The number of nitrogens with zero attached hydrogens (tertiary/aromatic N) is 4. The fraction of sp³-hybridized carbons (Fsp3) is 0.476. The monoisotopic (exact) mass is 400 g/mol. The molecule has 1 saturated heterocycles. The Kier molecular flexibility index (Phi) is 4.59. The molecule has 29 heavy (non-hydrogen) atoms. The number of anilines is 1. The SMILES string of the molecule is C[C@@H]1c2c(C(=O)OC(C)(C)C)ncn2-c2ccc(F)cc2N1C(=O)N1CCCC1. The van der Waals surface area contributed by atoms with Gasteiger partial charge in [-0.2, -0.15) is 0 Å². The molecular weight excluding hydrogens is 375 g/mol. The lowest BCUT2D eigenvalue weighted by Crippen LogP contribution is -2.46. The smallest absolute Gasteiger partial charge is 0.359 e. The third kappa shape index (κ3) is 3.36. The van der Waals surface area contributed by atoms with Crippen LogP contribution in [0.25, 0.3) is 5.69 Å². The van der Waals surface area contributed by atoms with E-state index in [0.29, 0.717) is 30.2 Å². The lowest BCUT2D eigenvalue weighted by atomic mass is 10.0. The summed E-state index contributed by atoms with van der Waals surface area (Å²) in [5, 5.41) is 0. The molecule has 2 aliphatic rings. The first-order valence-corrected chi connectivity index (χ1v) is 9.86. The summed E-state index contributed by atoms with van der Waals surface area (Å²) in [4.78, 5) is 33.7. The maximum atomic E-state index is 14.1. The molecule has 0 unspecified atom stereocenters. The summed E-state index contributed by atoms with van der Waals surface area (Å²) in [6, 6.07) is 3.59. The van der Waals surface area contributed by atoms with Crippen LogP contribution in [0, 0.1) is 5.82 Å². The van der Waals surface area contributed by atoms with Gasteiger partial charge in [0.1, 0.15) is 17.7 Å². The number of ether oxygens (including phenoxy) is 1. The highest BCUT2D eigenvalue weighted by Gasteiger charge is 2.39. The van der Waals surface area contributed by atoms with E-state index in [2.05, 4.69) is 4.98 Å². The van der Waals surface area contributed by atoms with Crippen molar-refractivity contribution in [2.24, 2.45) is 0 Å². The highest BCUT2D eigenvalue weighted by atomic mass is 19.1. The van der Waals surface area contributed by atoms with Crippen molar-refractivity contribution in [2.75, 3.05) is 18.0 Å². The number of carbonyl (C=O) groups excluding carboxylic acids is 2. The van der Waals surface area contributed by atoms with Gasteiger partial charge in [0.25, 0.3) is 0 Å². The van der Waals surface area contributed by atoms with Crippen molar-refractivity contribution in [3.63, 3.8) is 0 Å². The third-order valence-corrected chi connectivity index (χ3v) is 5.22. The number of fused-ring (bicyclic) bond motifs is 3. The molecule has 1 aromatic carbocycles. The zero-order chi connectivity index (χ0) is 20.9. The zero-order valence-corrected chi connectivity index (χ0v) is 17.1. The van der Waals surface area contributed by atoms with Crippen LogP contribution < -0.4 is 4.90 Å². The van der Waals surface area contributed by atoms with Crippen LogP contribution >= 0.6 is 0 Å². The lowest BCUT2D eigenvalue weighted by Gasteiger charge is -2.38. The molecule has 2 aromatic rings. The second kappa shape index (κ2) is 6.86. The van der Waals surface area contributed by atoms with Crippen LogP contribution in [0.3, 0.4) is 0 Å². The fourth-order valence-electron chi connectivity index (χ4n) is 3.99. The average molecular weight is 400 g/mol. The van der Waals surface area contributed by atoms with Gasteiger partial charge in [-0.25, -0.2) is 19.0 Å². The highest BCUT2D eigenvalue weighted by molar-refractivity contribution is 5.98. The molecule has 0 bridgehead atoms.